The number of nitrogen functional groups attached to an aromatic ring is 1. The molecule has 1 heterocycles. The lowest BCUT2D eigenvalue weighted by atomic mass is 10.2. The number of nitrogens with zero attached hydrogens (tertiary/aromatic N) is 1. The molecule has 1 aromatic rings. The van der Waals surface area contributed by atoms with E-state index in [1.165, 1.54) is 6.07 Å². The van der Waals surface area contributed by atoms with Crippen molar-refractivity contribution in [3.8, 4) is 0 Å². The monoisotopic (exact) mass is 313 g/mol. The van der Waals surface area contributed by atoms with Crippen molar-refractivity contribution in [1.29, 1.82) is 0 Å². The Morgan fingerprint density at radius 2 is 1.95 bits per heavy atom. The van der Waals surface area contributed by atoms with Crippen LogP contribution in [0.4, 0.5) is 11.4 Å². The van der Waals surface area contributed by atoms with Crippen molar-refractivity contribution in [3.05, 3.63) is 18.2 Å². The second-order valence-electron chi connectivity index (χ2n) is 5.38. The first-order valence-electron chi connectivity index (χ1n) is 7.13. The third-order valence-corrected chi connectivity index (χ3v) is 4.95. The molecule has 0 saturated carbocycles. The fourth-order valence-corrected chi connectivity index (χ4v) is 3.67. The maximum atomic E-state index is 12.1. The van der Waals surface area contributed by atoms with E-state index in [0.29, 0.717) is 25.3 Å². The summed E-state index contributed by atoms with van der Waals surface area (Å²) in [6.07, 6.45) is 0.171. The van der Waals surface area contributed by atoms with Crippen molar-refractivity contribution in [2.75, 3.05) is 30.3 Å². The number of sulfonamides is 1. The summed E-state index contributed by atoms with van der Waals surface area (Å²) in [5.41, 5.74) is 7.35. The average molecular weight is 313 g/mol. The largest absolute Gasteiger partial charge is 0.397 e. The highest BCUT2D eigenvalue weighted by molar-refractivity contribution is 7.89. The Labute approximate surface area is 126 Å². The van der Waals surface area contributed by atoms with Gasteiger partial charge in [0.25, 0.3) is 0 Å². The molecule has 0 aliphatic carbocycles. The van der Waals surface area contributed by atoms with Gasteiger partial charge in [0, 0.05) is 19.6 Å². The SMILES string of the molecule is CCNS(=O)(=O)c1ccc(N)c(N2C[C@@H](C)O[C@@H](C)C2)c1. The molecule has 0 bridgehead atoms. The molecule has 0 unspecified atom stereocenters. The maximum absolute atomic E-state index is 12.1. The van der Waals surface area contributed by atoms with Crippen molar-refractivity contribution in [1.82, 2.24) is 4.72 Å². The third kappa shape index (κ3) is 3.66. The lowest BCUT2D eigenvalue weighted by Crippen LogP contribution is -2.45. The maximum Gasteiger partial charge on any atom is 0.240 e. The summed E-state index contributed by atoms with van der Waals surface area (Å²) in [5, 5.41) is 0. The van der Waals surface area contributed by atoms with Gasteiger partial charge in [-0.2, -0.15) is 0 Å². The minimum absolute atomic E-state index is 0.0854. The fraction of sp³-hybridized carbons (Fsp3) is 0.571. The minimum atomic E-state index is -3.48. The molecule has 0 aromatic heterocycles. The number of anilines is 2. The van der Waals surface area contributed by atoms with Crippen LogP contribution < -0.4 is 15.4 Å². The minimum Gasteiger partial charge on any atom is -0.397 e. The smallest absolute Gasteiger partial charge is 0.240 e. The molecule has 21 heavy (non-hydrogen) atoms. The fourth-order valence-electron chi connectivity index (χ4n) is 2.61. The van der Waals surface area contributed by atoms with Crippen LogP contribution in [-0.4, -0.2) is 40.3 Å². The number of rotatable bonds is 4. The zero-order valence-corrected chi connectivity index (χ0v) is 13.5. The van der Waals surface area contributed by atoms with E-state index >= 15 is 0 Å². The molecule has 118 valence electrons. The first kappa shape index (κ1) is 16.1. The Balaban J connectivity index is 2.35. The van der Waals surface area contributed by atoms with Crippen molar-refractivity contribution < 1.29 is 13.2 Å². The van der Waals surface area contributed by atoms with Crippen molar-refractivity contribution in [2.24, 2.45) is 0 Å². The molecule has 1 aliphatic rings. The number of ether oxygens (including phenoxy) is 1. The summed E-state index contributed by atoms with van der Waals surface area (Å²) in [5.74, 6) is 0. The van der Waals surface area contributed by atoms with Crippen LogP contribution in [0.3, 0.4) is 0 Å². The normalized spacial score (nSPS) is 23.3. The standard InChI is InChI=1S/C14H23N3O3S/c1-4-16-21(18,19)12-5-6-13(15)14(7-12)17-8-10(2)20-11(3)9-17/h5-7,10-11,16H,4,8-9,15H2,1-3H3/t10-,11+. The van der Waals surface area contributed by atoms with E-state index in [9.17, 15) is 8.42 Å². The van der Waals surface area contributed by atoms with Gasteiger partial charge < -0.3 is 15.4 Å². The van der Waals surface area contributed by atoms with Gasteiger partial charge in [0.1, 0.15) is 0 Å². The Hall–Kier alpha value is -1.31. The molecular formula is C14H23N3O3S. The number of benzene rings is 1. The molecule has 6 nitrogen and oxygen atoms in total. The molecule has 0 amide bonds. The molecule has 0 radical (unpaired) electrons. The van der Waals surface area contributed by atoms with E-state index in [2.05, 4.69) is 9.62 Å². The molecule has 1 aromatic carbocycles. The topological polar surface area (TPSA) is 84.7 Å². The number of hydrogen-bond acceptors (Lipinski definition) is 5. The highest BCUT2D eigenvalue weighted by Gasteiger charge is 2.25. The molecule has 7 heteroatoms. The van der Waals surface area contributed by atoms with Crippen LogP contribution in [-0.2, 0) is 14.8 Å². The number of nitrogens with one attached hydrogen (secondary N) is 1. The summed E-state index contributed by atoms with van der Waals surface area (Å²) in [6.45, 7) is 7.49. The Morgan fingerprint density at radius 3 is 2.52 bits per heavy atom. The lowest BCUT2D eigenvalue weighted by molar-refractivity contribution is -0.00518. The van der Waals surface area contributed by atoms with Gasteiger partial charge in [-0.05, 0) is 32.0 Å². The van der Waals surface area contributed by atoms with E-state index in [4.69, 9.17) is 10.5 Å². The summed E-state index contributed by atoms with van der Waals surface area (Å²) in [7, 11) is -3.48. The third-order valence-electron chi connectivity index (χ3n) is 3.41. The first-order valence-corrected chi connectivity index (χ1v) is 8.61. The van der Waals surface area contributed by atoms with Crippen LogP contribution in [0.2, 0.25) is 0 Å². The molecule has 1 saturated heterocycles. The van der Waals surface area contributed by atoms with Crippen LogP contribution in [0.1, 0.15) is 20.8 Å². The van der Waals surface area contributed by atoms with Crippen molar-refractivity contribution in [3.63, 3.8) is 0 Å². The van der Waals surface area contributed by atoms with E-state index in [-0.39, 0.29) is 17.1 Å². The van der Waals surface area contributed by atoms with Crippen LogP contribution in [0.25, 0.3) is 0 Å². The second-order valence-corrected chi connectivity index (χ2v) is 7.15. The van der Waals surface area contributed by atoms with Gasteiger partial charge in [-0.1, -0.05) is 6.92 Å². The van der Waals surface area contributed by atoms with E-state index < -0.39 is 10.0 Å². The predicted octanol–water partition coefficient (Wildman–Crippen LogP) is 1.18. The van der Waals surface area contributed by atoms with Crippen LogP contribution in [0.5, 0.6) is 0 Å². The van der Waals surface area contributed by atoms with Gasteiger partial charge >= 0.3 is 0 Å². The number of nitrogens with two attached hydrogens (primary N) is 1. The molecular weight excluding hydrogens is 290 g/mol. The summed E-state index contributed by atoms with van der Waals surface area (Å²) >= 11 is 0. The zero-order valence-electron chi connectivity index (χ0n) is 12.7. The molecule has 1 aliphatic heterocycles. The predicted molar refractivity (Wildman–Crippen MR) is 83.9 cm³/mol. The molecule has 3 N–H and O–H groups in total. The van der Waals surface area contributed by atoms with E-state index in [1.54, 1.807) is 19.1 Å². The highest BCUT2D eigenvalue weighted by Crippen LogP contribution is 2.29. The molecule has 1 fully saturated rings. The van der Waals surface area contributed by atoms with Gasteiger partial charge in [-0.3, -0.25) is 0 Å². The summed E-state index contributed by atoms with van der Waals surface area (Å²) in [4.78, 5) is 2.32. The first-order chi connectivity index (χ1) is 9.83. The lowest BCUT2D eigenvalue weighted by Gasteiger charge is -2.37. The highest BCUT2D eigenvalue weighted by atomic mass is 32.2. The average Bonchev–Trinajstić information content (AvgIpc) is 2.37. The summed E-state index contributed by atoms with van der Waals surface area (Å²) < 4.78 is 32.4. The van der Waals surface area contributed by atoms with Crippen LogP contribution in [0.15, 0.2) is 23.1 Å². The van der Waals surface area contributed by atoms with E-state index in [1.807, 2.05) is 13.8 Å². The Bertz CT molecular complexity index is 593. The van der Waals surface area contributed by atoms with Gasteiger partial charge in [-0.25, -0.2) is 13.1 Å². The Kier molecular flexibility index (Phi) is 4.75. The van der Waals surface area contributed by atoms with Gasteiger partial charge in [-0.15, -0.1) is 0 Å². The molecule has 2 rings (SSSR count). The van der Waals surface area contributed by atoms with Crippen molar-refractivity contribution >= 4 is 21.4 Å². The molecule has 0 spiro atoms. The summed E-state index contributed by atoms with van der Waals surface area (Å²) in [6, 6.07) is 4.81. The number of morpholine rings is 1. The van der Waals surface area contributed by atoms with Crippen LogP contribution >= 0.6 is 0 Å². The van der Waals surface area contributed by atoms with Gasteiger partial charge in [0.15, 0.2) is 0 Å². The van der Waals surface area contributed by atoms with Crippen LogP contribution in [0, 0.1) is 0 Å². The zero-order chi connectivity index (χ0) is 15.6. The Morgan fingerprint density at radius 1 is 1.33 bits per heavy atom. The van der Waals surface area contributed by atoms with Gasteiger partial charge in [0.05, 0.1) is 28.5 Å². The van der Waals surface area contributed by atoms with Crippen molar-refractivity contribution in [2.45, 2.75) is 37.9 Å². The second kappa shape index (κ2) is 6.21. The van der Waals surface area contributed by atoms with Gasteiger partial charge in [0.2, 0.25) is 10.0 Å². The van der Waals surface area contributed by atoms with E-state index in [0.717, 1.165) is 5.69 Å². The quantitative estimate of drug-likeness (QED) is 0.815. The number of hydrogen-bond donors (Lipinski definition) is 2. The molecule has 2 atom stereocenters.